The Morgan fingerprint density at radius 3 is 2.44 bits per heavy atom. The largest absolute Gasteiger partial charge is 0.348 e. The number of fused-ring (bicyclic) bond motifs is 3. The Kier molecular flexibility index (Phi) is 5.67. The fourth-order valence-corrected chi connectivity index (χ4v) is 4.29. The minimum atomic E-state index is -0.349. The molecule has 0 aliphatic heterocycles. The summed E-state index contributed by atoms with van der Waals surface area (Å²) in [5.41, 5.74) is 2.83. The van der Waals surface area contributed by atoms with Crippen molar-refractivity contribution in [3.8, 4) is 0 Å². The molecule has 0 fully saturated rings. The molecule has 0 saturated heterocycles. The lowest BCUT2D eigenvalue weighted by Crippen LogP contribution is -2.35. The van der Waals surface area contributed by atoms with E-state index in [1.807, 2.05) is 66.1 Å². The Labute approximate surface area is 195 Å². The van der Waals surface area contributed by atoms with E-state index in [4.69, 9.17) is 0 Å². The number of carbonyl (C=O) groups is 1. The highest BCUT2D eigenvalue weighted by atomic mass is 19.1. The van der Waals surface area contributed by atoms with Gasteiger partial charge in [-0.1, -0.05) is 60.7 Å². The summed E-state index contributed by atoms with van der Waals surface area (Å²) in [6, 6.07) is 23.3. The minimum absolute atomic E-state index is 0.190. The molecule has 0 aliphatic rings. The Balaban J connectivity index is 1.51. The van der Waals surface area contributed by atoms with Gasteiger partial charge < -0.3 is 9.88 Å². The van der Waals surface area contributed by atoms with Gasteiger partial charge in [0, 0.05) is 22.8 Å². The number of hydrogen-bond donors (Lipinski definition) is 1. The molecule has 0 aliphatic carbocycles. The van der Waals surface area contributed by atoms with Gasteiger partial charge in [-0.2, -0.15) is 5.10 Å². The number of hydrogen-bond acceptors (Lipinski definition) is 3. The minimum Gasteiger partial charge on any atom is -0.348 e. The highest BCUT2D eigenvalue weighted by Crippen LogP contribution is 2.27. The van der Waals surface area contributed by atoms with E-state index in [0.717, 1.165) is 27.4 Å². The van der Waals surface area contributed by atoms with Crippen molar-refractivity contribution >= 4 is 27.7 Å². The Morgan fingerprint density at radius 2 is 1.68 bits per heavy atom. The third-order valence-electron chi connectivity index (χ3n) is 6.00. The Bertz CT molecular complexity index is 1540. The first kappa shape index (κ1) is 21.6. The van der Waals surface area contributed by atoms with E-state index < -0.39 is 0 Å². The number of para-hydroxylation sites is 1. The van der Waals surface area contributed by atoms with Crippen molar-refractivity contribution in [1.29, 1.82) is 0 Å². The van der Waals surface area contributed by atoms with E-state index in [1.54, 1.807) is 18.3 Å². The van der Waals surface area contributed by atoms with Gasteiger partial charge in [0.1, 0.15) is 17.9 Å². The molecule has 1 atom stereocenters. The second-order valence-electron chi connectivity index (χ2n) is 8.30. The summed E-state index contributed by atoms with van der Waals surface area (Å²) in [7, 11) is 0. The van der Waals surface area contributed by atoms with Crippen LogP contribution < -0.4 is 10.9 Å². The molecule has 3 aromatic carbocycles. The van der Waals surface area contributed by atoms with Gasteiger partial charge >= 0.3 is 0 Å². The SMILES string of the molecule is CC(NC(=O)Cn1ncc2c3ccccc3n(Cc3ccc(F)cc3)c2c1=O)c1ccccc1. The number of halogens is 1. The average molecular weight is 455 g/mol. The summed E-state index contributed by atoms with van der Waals surface area (Å²) in [4.78, 5) is 26.2. The first-order valence-corrected chi connectivity index (χ1v) is 11.1. The molecular weight excluding hydrogens is 431 g/mol. The molecule has 7 heteroatoms. The third-order valence-corrected chi connectivity index (χ3v) is 6.00. The lowest BCUT2D eigenvalue weighted by Gasteiger charge is -2.14. The maximum Gasteiger partial charge on any atom is 0.291 e. The Hall–Kier alpha value is -4.26. The number of nitrogens with one attached hydrogen (secondary N) is 1. The maximum absolute atomic E-state index is 13.5. The quantitative estimate of drug-likeness (QED) is 0.413. The summed E-state index contributed by atoms with van der Waals surface area (Å²) in [5, 5.41) is 8.84. The summed E-state index contributed by atoms with van der Waals surface area (Å²) in [5.74, 6) is -0.611. The monoisotopic (exact) mass is 454 g/mol. The van der Waals surface area contributed by atoms with Crippen molar-refractivity contribution < 1.29 is 9.18 Å². The predicted octanol–water partition coefficient (Wildman–Crippen LogP) is 4.42. The second kappa shape index (κ2) is 8.94. The predicted molar refractivity (Wildman–Crippen MR) is 130 cm³/mol. The van der Waals surface area contributed by atoms with Gasteiger partial charge in [0.15, 0.2) is 0 Å². The maximum atomic E-state index is 13.5. The zero-order valence-electron chi connectivity index (χ0n) is 18.6. The van der Waals surface area contributed by atoms with Gasteiger partial charge in [-0.3, -0.25) is 9.59 Å². The summed E-state index contributed by atoms with van der Waals surface area (Å²) < 4.78 is 16.5. The molecule has 34 heavy (non-hydrogen) atoms. The fraction of sp³-hybridized carbons (Fsp3) is 0.148. The molecule has 2 aromatic heterocycles. The lowest BCUT2D eigenvalue weighted by molar-refractivity contribution is -0.122. The molecule has 1 unspecified atom stereocenters. The van der Waals surface area contributed by atoms with Crippen molar-refractivity contribution in [3.63, 3.8) is 0 Å². The highest BCUT2D eigenvalue weighted by molar-refractivity contribution is 6.07. The van der Waals surface area contributed by atoms with Gasteiger partial charge in [-0.05, 0) is 36.2 Å². The molecule has 5 aromatic rings. The van der Waals surface area contributed by atoms with Crippen LogP contribution >= 0.6 is 0 Å². The van der Waals surface area contributed by atoms with Crippen LogP contribution in [-0.2, 0) is 17.9 Å². The van der Waals surface area contributed by atoms with E-state index in [0.29, 0.717) is 12.1 Å². The first-order chi connectivity index (χ1) is 16.5. The molecule has 0 radical (unpaired) electrons. The molecular formula is C27H23FN4O2. The van der Waals surface area contributed by atoms with Gasteiger partial charge in [0.25, 0.3) is 5.56 Å². The molecule has 1 amide bonds. The van der Waals surface area contributed by atoms with Gasteiger partial charge in [-0.15, -0.1) is 0 Å². The zero-order valence-corrected chi connectivity index (χ0v) is 18.6. The summed E-state index contributed by atoms with van der Waals surface area (Å²) >= 11 is 0. The standard InChI is InChI=1S/C27H23FN4O2/c1-18(20-7-3-2-4-8-20)30-25(33)17-32-27(34)26-23(15-29-32)22-9-5-6-10-24(22)31(26)16-19-11-13-21(28)14-12-19/h2-15,18H,16-17H2,1H3,(H,30,33). The van der Waals surface area contributed by atoms with Crippen LogP contribution in [0, 0.1) is 5.82 Å². The van der Waals surface area contributed by atoms with Gasteiger partial charge in [-0.25, -0.2) is 9.07 Å². The van der Waals surface area contributed by atoms with Crippen LogP contribution in [-0.4, -0.2) is 20.3 Å². The second-order valence-corrected chi connectivity index (χ2v) is 8.30. The van der Waals surface area contributed by atoms with Crippen LogP contribution in [0.1, 0.15) is 24.1 Å². The molecule has 2 heterocycles. The van der Waals surface area contributed by atoms with E-state index in [-0.39, 0.29) is 29.9 Å². The summed E-state index contributed by atoms with van der Waals surface area (Å²) in [6.07, 6.45) is 1.63. The third kappa shape index (κ3) is 4.08. The van der Waals surface area contributed by atoms with Crippen molar-refractivity contribution in [2.45, 2.75) is 26.1 Å². The highest BCUT2D eigenvalue weighted by Gasteiger charge is 2.18. The number of rotatable bonds is 6. The number of amides is 1. The van der Waals surface area contributed by atoms with Crippen LogP contribution in [0.4, 0.5) is 4.39 Å². The number of nitrogens with zero attached hydrogens (tertiary/aromatic N) is 3. The molecule has 170 valence electrons. The number of benzene rings is 3. The normalized spacial score (nSPS) is 12.2. The molecule has 0 spiro atoms. The van der Waals surface area contributed by atoms with Crippen LogP contribution in [0.2, 0.25) is 0 Å². The molecule has 6 nitrogen and oxygen atoms in total. The lowest BCUT2D eigenvalue weighted by atomic mass is 10.1. The van der Waals surface area contributed by atoms with Gasteiger partial charge in [0.2, 0.25) is 5.91 Å². The molecule has 0 bridgehead atoms. The molecule has 5 rings (SSSR count). The van der Waals surface area contributed by atoms with Crippen LogP contribution in [0.5, 0.6) is 0 Å². The smallest absolute Gasteiger partial charge is 0.291 e. The van der Waals surface area contributed by atoms with Crippen molar-refractivity contribution in [2.24, 2.45) is 0 Å². The van der Waals surface area contributed by atoms with E-state index >= 15 is 0 Å². The average Bonchev–Trinajstić information content (AvgIpc) is 3.17. The van der Waals surface area contributed by atoms with Crippen LogP contribution in [0.3, 0.4) is 0 Å². The number of carbonyl (C=O) groups excluding carboxylic acids is 1. The topological polar surface area (TPSA) is 68.9 Å². The zero-order chi connectivity index (χ0) is 23.7. The van der Waals surface area contributed by atoms with Crippen molar-refractivity contribution in [1.82, 2.24) is 19.7 Å². The molecule has 0 saturated carbocycles. The van der Waals surface area contributed by atoms with Crippen LogP contribution in [0.25, 0.3) is 21.8 Å². The number of aromatic nitrogens is 3. The van der Waals surface area contributed by atoms with Crippen LogP contribution in [0.15, 0.2) is 89.9 Å². The summed E-state index contributed by atoms with van der Waals surface area (Å²) in [6.45, 7) is 2.10. The first-order valence-electron chi connectivity index (χ1n) is 11.1. The van der Waals surface area contributed by atoms with Crippen molar-refractivity contribution in [2.75, 3.05) is 0 Å². The van der Waals surface area contributed by atoms with Gasteiger partial charge in [0.05, 0.1) is 12.2 Å². The fourth-order valence-electron chi connectivity index (χ4n) is 4.29. The Morgan fingerprint density at radius 1 is 0.971 bits per heavy atom. The van der Waals surface area contributed by atoms with E-state index in [2.05, 4.69) is 10.4 Å². The van der Waals surface area contributed by atoms with E-state index in [9.17, 15) is 14.0 Å². The van der Waals surface area contributed by atoms with Crippen molar-refractivity contribution in [3.05, 3.63) is 112 Å². The molecule has 1 N–H and O–H groups in total. The van der Waals surface area contributed by atoms with E-state index in [1.165, 1.54) is 16.8 Å².